The lowest BCUT2D eigenvalue weighted by molar-refractivity contribution is -0.313. The fraction of sp³-hybridized carbons (Fsp3) is 0.621. The van der Waals surface area contributed by atoms with Crippen LogP contribution in [0.3, 0.4) is 0 Å². The molecule has 43 heavy (non-hydrogen) atoms. The number of rotatable bonds is 9. The van der Waals surface area contributed by atoms with Crippen molar-refractivity contribution >= 4 is 5.97 Å². The second kappa shape index (κ2) is 14.2. The van der Waals surface area contributed by atoms with Gasteiger partial charge in [0.05, 0.1) is 25.9 Å². The van der Waals surface area contributed by atoms with E-state index < -0.39 is 92.8 Å². The average molecular weight is 613 g/mol. The molecule has 0 bridgehead atoms. The van der Waals surface area contributed by atoms with Gasteiger partial charge >= 0.3 is 5.97 Å². The predicted molar refractivity (Wildman–Crippen MR) is 145 cm³/mol. The molecular weight excluding hydrogens is 572 g/mol. The van der Waals surface area contributed by atoms with E-state index in [4.69, 9.17) is 23.7 Å². The molecule has 1 aromatic carbocycles. The molecule has 2 aliphatic heterocycles. The van der Waals surface area contributed by atoms with Gasteiger partial charge in [-0.25, -0.2) is 4.79 Å². The van der Waals surface area contributed by atoms with Crippen LogP contribution in [0, 0.1) is 0 Å². The Labute approximate surface area is 248 Å². The van der Waals surface area contributed by atoms with E-state index in [0.717, 1.165) is 12.7 Å². The molecule has 0 spiro atoms. The summed E-state index contributed by atoms with van der Waals surface area (Å²) in [6.45, 7) is 2.32. The van der Waals surface area contributed by atoms with Crippen molar-refractivity contribution in [2.45, 2.75) is 93.9 Å². The summed E-state index contributed by atoms with van der Waals surface area (Å²) in [5, 5.41) is 81.9. The van der Waals surface area contributed by atoms with Crippen LogP contribution < -0.4 is 0 Å². The molecule has 2 heterocycles. The van der Waals surface area contributed by atoms with Crippen molar-refractivity contribution in [2.24, 2.45) is 0 Å². The summed E-state index contributed by atoms with van der Waals surface area (Å²) < 4.78 is 28.7. The summed E-state index contributed by atoms with van der Waals surface area (Å²) in [5.74, 6) is -0.830. The minimum Gasteiger partial charge on any atom is -0.466 e. The Kier molecular flexibility index (Phi) is 11.1. The molecule has 12 unspecified atom stereocenters. The Morgan fingerprint density at radius 1 is 0.767 bits per heavy atom. The van der Waals surface area contributed by atoms with Gasteiger partial charge in [-0.2, -0.15) is 0 Å². The van der Waals surface area contributed by atoms with E-state index in [-0.39, 0.29) is 12.0 Å². The monoisotopic (exact) mass is 612 g/mol. The first-order chi connectivity index (χ1) is 20.4. The first-order valence-electron chi connectivity index (χ1n) is 13.9. The summed E-state index contributed by atoms with van der Waals surface area (Å²) >= 11 is 0. The molecule has 14 nitrogen and oxygen atoms in total. The molecule has 1 aliphatic carbocycles. The number of hydrogen-bond donors (Lipinski definition) is 8. The topological polar surface area (TPSA) is 225 Å². The summed E-state index contributed by atoms with van der Waals surface area (Å²) in [6.07, 6.45) is -16.2. The number of aliphatic hydroxyl groups excluding tert-OH is 8. The summed E-state index contributed by atoms with van der Waals surface area (Å²) in [7, 11) is 1.16. The van der Waals surface area contributed by atoms with Crippen LogP contribution in [0.5, 0.6) is 0 Å². The molecule has 12 atom stereocenters. The lowest BCUT2D eigenvalue weighted by Gasteiger charge is -2.44. The normalized spacial score (nSPS) is 37.9. The highest BCUT2D eigenvalue weighted by Crippen LogP contribution is 2.48. The zero-order valence-electron chi connectivity index (χ0n) is 24.0. The van der Waals surface area contributed by atoms with E-state index in [9.17, 15) is 45.6 Å². The fourth-order valence-corrected chi connectivity index (χ4v) is 5.45. The number of carbonyl (C=O) groups is 1. The van der Waals surface area contributed by atoms with Gasteiger partial charge in [0.25, 0.3) is 0 Å². The van der Waals surface area contributed by atoms with Gasteiger partial charge < -0.3 is 64.5 Å². The number of carbonyl (C=O) groups excluding carboxylic acids is 1. The molecule has 0 amide bonds. The highest BCUT2D eigenvalue weighted by Gasteiger charge is 2.49. The van der Waals surface area contributed by atoms with Crippen molar-refractivity contribution in [3.8, 4) is 0 Å². The van der Waals surface area contributed by atoms with Crippen molar-refractivity contribution in [1.29, 1.82) is 0 Å². The van der Waals surface area contributed by atoms with Crippen molar-refractivity contribution in [2.75, 3.05) is 20.3 Å². The van der Waals surface area contributed by atoms with Crippen LogP contribution in [0.2, 0.25) is 0 Å². The molecule has 4 rings (SSSR count). The minimum absolute atomic E-state index is 0.0507. The first kappa shape index (κ1) is 33.6. The van der Waals surface area contributed by atoms with E-state index in [1.165, 1.54) is 0 Å². The molecule has 240 valence electrons. The Morgan fingerprint density at radius 3 is 1.67 bits per heavy atom. The molecule has 2 fully saturated rings. The number of allylic oxidation sites excluding steroid dienone is 2. The maximum absolute atomic E-state index is 13.4. The van der Waals surface area contributed by atoms with E-state index in [2.05, 4.69) is 0 Å². The van der Waals surface area contributed by atoms with Crippen LogP contribution in [0.25, 0.3) is 0 Å². The van der Waals surface area contributed by atoms with E-state index in [1.807, 2.05) is 13.8 Å². The van der Waals surface area contributed by atoms with E-state index in [1.54, 1.807) is 30.3 Å². The summed E-state index contributed by atoms with van der Waals surface area (Å²) in [6, 6.07) is 6.64. The summed E-state index contributed by atoms with van der Waals surface area (Å²) in [4.78, 5) is 13.4. The zero-order chi connectivity index (χ0) is 31.6. The third-order valence-electron chi connectivity index (χ3n) is 7.86. The number of fused-ring (bicyclic) bond motifs is 1. The van der Waals surface area contributed by atoms with Crippen molar-refractivity contribution in [3.05, 3.63) is 58.2 Å². The van der Waals surface area contributed by atoms with E-state index >= 15 is 0 Å². The number of hydrogen-bond acceptors (Lipinski definition) is 14. The quantitative estimate of drug-likeness (QED) is 0.114. The molecule has 14 heteroatoms. The van der Waals surface area contributed by atoms with Gasteiger partial charge in [-0.3, -0.25) is 0 Å². The van der Waals surface area contributed by atoms with Crippen molar-refractivity contribution in [3.63, 3.8) is 0 Å². The molecule has 1 aromatic rings. The Morgan fingerprint density at radius 2 is 1.23 bits per heavy atom. The summed E-state index contributed by atoms with van der Waals surface area (Å²) in [5.41, 5.74) is 1.94. The Balaban J connectivity index is 1.83. The molecule has 0 saturated carbocycles. The maximum Gasteiger partial charge on any atom is 0.336 e. The predicted octanol–water partition coefficient (Wildman–Crippen LogP) is -1.76. The molecular formula is C29H40O14. The number of benzene rings is 1. The largest absolute Gasteiger partial charge is 0.466 e. The fourth-order valence-electron chi connectivity index (χ4n) is 5.45. The lowest BCUT2D eigenvalue weighted by Crippen LogP contribution is -2.59. The van der Waals surface area contributed by atoms with Crippen LogP contribution in [-0.2, 0) is 28.5 Å². The molecule has 8 N–H and O–H groups in total. The standard InChI is InChI=1S/C29H40O14/c1-12(2)8-9-15-18(27(38)39-3)26(43-29-24(37)22(35)20(33)17(11-31)41-29)14-7-5-4-6-13(14)25(15)42-28-23(36)21(34)19(32)16(10-30)40-28/h4-8,16-17,19-26,28-37H,9-11H2,1-3H3. The van der Waals surface area contributed by atoms with E-state index in [0.29, 0.717) is 16.7 Å². The highest BCUT2D eigenvalue weighted by molar-refractivity contribution is 5.92. The Bertz CT molecular complexity index is 1180. The van der Waals surface area contributed by atoms with Gasteiger partial charge in [-0.05, 0) is 37.0 Å². The number of methoxy groups -OCH3 is 1. The zero-order valence-corrected chi connectivity index (χ0v) is 24.0. The first-order valence-corrected chi connectivity index (χ1v) is 13.9. The van der Waals surface area contributed by atoms with Gasteiger partial charge in [0.1, 0.15) is 61.0 Å². The van der Waals surface area contributed by atoms with Gasteiger partial charge in [-0.1, -0.05) is 35.9 Å². The van der Waals surface area contributed by atoms with Crippen LogP contribution in [0.15, 0.2) is 47.1 Å². The number of ether oxygens (including phenoxy) is 5. The maximum atomic E-state index is 13.4. The SMILES string of the molecule is COC(=O)C1=C(CC=C(C)C)C(OC2OC(CO)C(O)C(O)C2O)c2ccccc2C1OC1OC(CO)C(O)C(O)C1O. The van der Waals surface area contributed by atoms with Gasteiger partial charge in [-0.15, -0.1) is 0 Å². The van der Waals surface area contributed by atoms with Crippen LogP contribution in [-0.4, -0.2) is 129 Å². The highest BCUT2D eigenvalue weighted by atomic mass is 16.7. The minimum atomic E-state index is -1.76. The number of esters is 1. The third kappa shape index (κ3) is 6.71. The smallest absolute Gasteiger partial charge is 0.336 e. The molecule has 0 radical (unpaired) electrons. The van der Waals surface area contributed by atoms with Gasteiger partial charge in [0.2, 0.25) is 0 Å². The van der Waals surface area contributed by atoms with Crippen molar-refractivity contribution in [1.82, 2.24) is 0 Å². The number of aliphatic hydroxyl groups is 8. The third-order valence-corrected chi connectivity index (χ3v) is 7.86. The average Bonchev–Trinajstić information content (AvgIpc) is 3.00. The Hall–Kier alpha value is -2.31. The molecule has 0 aromatic heterocycles. The van der Waals surface area contributed by atoms with Gasteiger partial charge in [0, 0.05) is 0 Å². The van der Waals surface area contributed by atoms with Crippen LogP contribution in [0.4, 0.5) is 0 Å². The lowest BCUT2D eigenvalue weighted by atomic mass is 9.80. The van der Waals surface area contributed by atoms with Gasteiger partial charge in [0.15, 0.2) is 12.6 Å². The van der Waals surface area contributed by atoms with Crippen LogP contribution >= 0.6 is 0 Å². The molecule has 3 aliphatic rings. The van der Waals surface area contributed by atoms with Crippen molar-refractivity contribution < 1.29 is 69.3 Å². The van der Waals surface area contributed by atoms with Crippen LogP contribution in [0.1, 0.15) is 43.6 Å². The second-order valence-corrected chi connectivity index (χ2v) is 11.0. The second-order valence-electron chi connectivity index (χ2n) is 11.0. The molecule has 2 saturated heterocycles.